The standard InChI is InChI=1S/C14H24N2O3/c1-10-4-3-5-11(2)16(10)13(17)9-15-7-6-12(8-15)14(18)19/h10-12H,3-9H2,1-2H3,(H,18,19). The van der Waals surface area contributed by atoms with Crippen LogP contribution in [-0.4, -0.2) is 58.5 Å². The third kappa shape index (κ3) is 3.26. The van der Waals surface area contributed by atoms with E-state index in [0.717, 1.165) is 19.4 Å². The molecule has 2 fully saturated rings. The summed E-state index contributed by atoms with van der Waals surface area (Å²) in [7, 11) is 0. The first kappa shape index (κ1) is 14.3. The van der Waals surface area contributed by atoms with Crippen LogP contribution in [-0.2, 0) is 9.59 Å². The van der Waals surface area contributed by atoms with Gasteiger partial charge in [0.2, 0.25) is 5.91 Å². The SMILES string of the molecule is CC1CCCC(C)N1C(=O)CN1CCC(C(=O)O)C1. The maximum absolute atomic E-state index is 12.4. The van der Waals surface area contributed by atoms with Crippen LogP contribution in [0.5, 0.6) is 0 Å². The minimum absolute atomic E-state index is 0.158. The second-order valence-electron chi connectivity index (χ2n) is 5.99. The Kier molecular flexibility index (Phi) is 4.45. The maximum Gasteiger partial charge on any atom is 0.307 e. The van der Waals surface area contributed by atoms with E-state index in [-0.39, 0.29) is 11.8 Å². The first-order valence-corrected chi connectivity index (χ1v) is 7.25. The average molecular weight is 268 g/mol. The Labute approximate surface area is 114 Å². The monoisotopic (exact) mass is 268 g/mol. The Morgan fingerprint density at radius 1 is 1.16 bits per heavy atom. The summed E-state index contributed by atoms with van der Waals surface area (Å²) in [6.45, 7) is 5.82. The summed E-state index contributed by atoms with van der Waals surface area (Å²) in [6, 6.07) is 0.628. The number of nitrogens with zero attached hydrogens (tertiary/aromatic N) is 2. The van der Waals surface area contributed by atoms with Crippen LogP contribution in [0.1, 0.15) is 39.5 Å². The van der Waals surface area contributed by atoms with Crippen LogP contribution in [0.15, 0.2) is 0 Å². The molecule has 0 saturated carbocycles. The van der Waals surface area contributed by atoms with Gasteiger partial charge < -0.3 is 10.0 Å². The average Bonchev–Trinajstić information content (AvgIpc) is 2.77. The Morgan fingerprint density at radius 3 is 2.32 bits per heavy atom. The van der Waals surface area contributed by atoms with Crippen molar-refractivity contribution in [3.63, 3.8) is 0 Å². The Morgan fingerprint density at radius 2 is 1.79 bits per heavy atom. The van der Waals surface area contributed by atoms with Gasteiger partial charge in [0.15, 0.2) is 0 Å². The third-order valence-corrected chi connectivity index (χ3v) is 4.46. The van der Waals surface area contributed by atoms with Crippen LogP contribution in [0.2, 0.25) is 0 Å². The quantitative estimate of drug-likeness (QED) is 0.835. The predicted molar refractivity (Wildman–Crippen MR) is 71.8 cm³/mol. The first-order valence-electron chi connectivity index (χ1n) is 7.25. The fourth-order valence-electron chi connectivity index (χ4n) is 3.36. The Balaban J connectivity index is 1.89. The molecule has 0 aromatic carbocycles. The summed E-state index contributed by atoms with van der Waals surface area (Å²) in [5.41, 5.74) is 0. The molecule has 5 heteroatoms. The van der Waals surface area contributed by atoms with E-state index in [9.17, 15) is 9.59 Å². The molecule has 2 saturated heterocycles. The summed E-state index contributed by atoms with van der Waals surface area (Å²) >= 11 is 0. The molecular formula is C14H24N2O3. The number of carbonyl (C=O) groups excluding carboxylic acids is 1. The van der Waals surface area contributed by atoms with Gasteiger partial charge in [0.25, 0.3) is 0 Å². The van der Waals surface area contributed by atoms with Gasteiger partial charge in [-0.3, -0.25) is 14.5 Å². The highest BCUT2D eigenvalue weighted by atomic mass is 16.4. The highest BCUT2D eigenvalue weighted by Gasteiger charge is 2.33. The molecule has 2 rings (SSSR count). The smallest absolute Gasteiger partial charge is 0.307 e. The zero-order valence-corrected chi connectivity index (χ0v) is 11.8. The first-order chi connectivity index (χ1) is 8.99. The molecular weight excluding hydrogens is 244 g/mol. The lowest BCUT2D eigenvalue weighted by Gasteiger charge is -2.39. The number of hydrogen-bond acceptors (Lipinski definition) is 3. The number of aliphatic carboxylic acids is 1. The molecule has 0 aromatic rings. The van der Waals surface area contributed by atoms with Gasteiger partial charge in [-0.2, -0.15) is 0 Å². The minimum atomic E-state index is -0.741. The summed E-state index contributed by atoms with van der Waals surface area (Å²) in [5, 5.41) is 8.98. The summed E-state index contributed by atoms with van der Waals surface area (Å²) in [6.07, 6.45) is 4.01. The summed E-state index contributed by atoms with van der Waals surface area (Å²) in [4.78, 5) is 27.3. The number of carbonyl (C=O) groups is 2. The Bertz CT molecular complexity index is 349. The largest absolute Gasteiger partial charge is 0.481 e. The second kappa shape index (κ2) is 5.90. The molecule has 0 bridgehead atoms. The van der Waals surface area contributed by atoms with Crippen molar-refractivity contribution in [2.45, 2.75) is 51.6 Å². The van der Waals surface area contributed by atoms with Gasteiger partial charge in [-0.25, -0.2) is 0 Å². The molecule has 2 aliphatic rings. The van der Waals surface area contributed by atoms with E-state index in [1.54, 1.807) is 0 Å². The molecule has 19 heavy (non-hydrogen) atoms. The van der Waals surface area contributed by atoms with Gasteiger partial charge in [0.05, 0.1) is 12.5 Å². The van der Waals surface area contributed by atoms with Crippen LogP contribution in [0.25, 0.3) is 0 Å². The normalized spacial score (nSPS) is 32.5. The highest BCUT2D eigenvalue weighted by molar-refractivity contribution is 5.79. The molecule has 0 radical (unpaired) electrons. The van der Waals surface area contributed by atoms with E-state index in [0.29, 0.717) is 31.6 Å². The number of carboxylic acid groups (broad SMARTS) is 1. The molecule has 2 aliphatic heterocycles. The fraction of sp³-hybridized carbons (Fsp3) is 0.857. The topological polar surface area (TPSA) is 60.9 Å². The Hall–Kier alpha value is -1.10. The van der Waals surface area contributed by atoms with Crippen molar-refractivity contribution in [3.05, 3.63) is 0 Å². The highest BCUT2D eigenvalue weighted by Crippen LogP contribution is 2.23. The van der Waals surface area contributed by atoms with Crippen molar-refractivity contribution in [1.82, 2.24) is 9.80 Å². The van der Waals surface area contributed by atoms with Gasteiger partial charge in [0.1, 0.15) is 0 Å². The second-order valence-corrected chi connectivity index (χ2v) is 5.99. The number of hydrogen-bond donors (Lipinski definition) is 1. The van der Waals surface area contributed by atoms with Gasteiger partial charge in [-0.15, -0.1) is 0 Å². The third-order valence-electron chi connectivity index (χ3n) is 4.46. The van der Waals surface area contributed by atoms with E-state index in [1.807, 2.05) is 9.80 Å². The van der Waals surface area contributed by atoms with Gasteiger partial charge in [0, 0.05) is 18.6 Å². The number of amides is 1. The van der Waals surface area contributed by atoms with E-state index >= 15 is 0 Å². The summed E-state index contributed by atoms with van der Waals surface area (Å²) < 4.78 is 0. The van der Waals surface area contributed by atoms with Crippen LogP contribution in [0.4, 0.5) is 0 Å². The minimum Gasteiger partial charge on any atom is -0.481 e. The van der Waals surface area contributed by atoms with Crippen LogP contribution >= 0.6 is 0 Å². The van der Waals surface area contributed by atoms with Crippen molar-refractivity contribution in [1.29, 1.82) is 0 Å². The van der Waals surface area contributed by atoms with Crippen LogP contribution < -0.4 is 0 Å². The van der Waals surface area contributed by atoms with Gasteiger partial charge in [-0.1, -0.05) is 0 Å². The summed E-state index contributed by atoms with van der Waals surface area (Å²) in [5.74, 6) is -0.885. The van der Waals surface area contributed by atoms with Gasteiger partial charge in [-0.05, 0) is 46.1 Å². The van der Waals surface area contributed by atoms with Crippen molar-refractivity contribution >= 4 is 11.9 Å². The zero-order chi connectivity index (χ0) is 14.0. The van der Waals surface area contributed by atoms with Crippen LogP contribution in [0, 0.1) is 5.92 Å². The van der Waals surface area contributed by atoms with Crippen molar-refractivity contribution in [2.24, 2.45) is 5.92 Å². The lowest BCUT2D eigenvalue weighted by Crippen LogP contribution is -2.50. The van der Waals surface area contributed by atoms with E-state index in [1.165, 1.54) is 6.42 Å². The number of rotatable bonds is 3. The molecule has 0 aromatic heterocycles. The number of carboxylic acids is 1. The molecule has 3 atom stereocenters. The lowest BCUT2D eigenvalue weighted by atomic mass is 9.97. The van der Waals surface area contributed by atoms with Crippen LogP contribution in [0.3, 0.4) is 0 Å². The molecule has 0 spiro atoms. The lowest BCUT2D eigenvalue weighted by molar-refractivity contribution is -0.142. The zero-order valence-electron chi connectivity index (χ0n) is 11.8. The van der Waals surface area contributed by atoms with Crippen molar-refractivity contribution < 1.29 is 14.7 Å². The molecule has 1 N–H and O–H groups in total. The molecule has 5 nitrogen and oxygen atoms in total. The number of likely N-dealkylation sites (tertiary alicyclic amines) is 2. The van der Waals surface area contributed by atoms with E-state index < -0.39 is 5.97 Å². The van der Waals surface area contributed by atoms with Gasteiger partial charge >= 0.3 is 5.97 Å². The maximum atomic E-state index is 12.4. The molecule has 3 unspecified atom stereocenters. The predicted octanol–water partition coefficient (Wildman–Crippen LogP) is 1.18. The van der Waals surface area contributed by atoms with E-state index in [2.05, 4.69) is 13.8 Å². The van der Waals surface area contributed by atoms with Crippen molar-refractivity contribution in [2.75, 3.05) is 19.6 Å². The molecule has 2 heterocycles. The molecule has 0 aliphatic carbocycles. The number of piperidine rings is 1. The molecule has 1 amide bonds. The van der Waals surface area contributed by atoms with Crippen molar-refractivity contribution in [3.8, 4) is 0 Å². The molecule has 108 valence electrons. The van der Waals surface area contributed by atoms with E-state index in [4.69, 9.17) is 5.11 Å². The fourth-order valence-corrected chi connectivity index (χ4v) is 3.36.